The van der Waals surface area contributed by atoms with Gasteiger partial charge in [0.05, 0.1) is 5.75 Å². The number of halogens is 1. The summed E-state index contributed by atoms with van der Waals surface area (Å²) in [6, 6.07) is 12.0. The van der Waals surface area contributed by atoms with E-state index in [1.807, 2.05) is 18.2 Å². The van der Waals surface area contributed by atoms with Crippen LogP contribution < -0.4 is 5.73 Å². The van der Waals surface area contributed by atoms with Crippen LogP contribution in [0.15, 0.2) is 36.4 Å². The second kappa shape index (κ2) is 7.21. The molecule has 2 N–H and O–H groups in total. The van der Waals surface area contributed by atoms with Crippen LogP contribution in [0.1, 0.15) is 27.8 Å². The fraction of sp³-hybridized carbons (Fsp3) is 0.294. The van der Waals surface area contributed by atoms with Crippen LogP contribution in [0.5, 0.6) is 0 Å². The molecule has 0 bridgehead atoms. The van der Waals surface area contributed by atoms with Crippen molar-refractivity contribution >= 4 is 22.4 Å². The van der Waals surface area contributed by atoms with Crippen LogP contribution in [-0.4, -0.2) is 4.21 Å². The first-order valence-corrected chi connectivity index (χ1v) is 8.74. The Morgan fingerprint density at radius 3 is 2.24 bits per heavy atom. The van der Waals surface area contributed by atoms with Crippen LogP contribution in [0.2, 0.25) is 5.02 Å². The average molecular weight is 322 g/mol. The average Bonchev–Trinajstić information content (AvgIpc) is 2.39. The van der Waals surface area contributed by atoms with Crippen molar-refractivity contribution in [2.75, 3.05) is 0 Å². The van der Waals surface area contributed by atoms with Crippen LogP contribution in [-0.2, 0) is 28.9 Å². The minimum atomic E-state index is -0.973. The van der Waals surface area contributed by atoms with Crippen LogP contribution in [0.3, 0.4) is 0 Å². The van der Waals surface area contributed by atoms with E-state index in [1.54, 1.807) is 0 Å². The zero-order valence-corrected chi connectivity index (χ0v) is 13.9. The molecule has 2 rings (SSSR count). The Morgan fingerprint density at radius 1 is 1.00 bits per heavy atom. The van der Waals surface area contributed by atoms with Gasteiger partial charge in [-0.05, 0) is 36.6 Å². The van der Waals surface area contributed by atoms with Gasteiger partial charge >= 0.3 is 0 Å². The summed E-state index contributed by atoms with van der Waals surface area (Å²) >= 11 is 6.22. The monoisotopic (exact) mass is 321 g/mol. The fourth-order valence-electron chi connectivity index (χ4n) is 2.40. The molecular formula is C17H20ClNOS. The molecule has 2 nitrogen and oxygen atoms in total. The van der Waals surface area contributed by atoms with E-state index in [0.717, 1.165) is 16.7 Å². The Balaban J connectivity index is 2.08. The first kappa shape index (κ1) is 16.2. The normalized spacial score (nSPS) is 12.4. The molecule has 4 heteroatoms. The van der Waals surface area contributed by atoms with E-state index in [2.05, 4.69) is 32.0 Å². The number of nitrogens with two attached hydrogens (primary N) is 1. The zero-order chi connectivity index (χ0) is 15.4. The highest BCUT2D eigenvalue weighted by Crippen LogP contribution is 2.21. The van der Waals surface area contributed by atoms with Crippen molar-refractivity contribution in [3.8, 4) is 0 Å². The molecular weight excluding hydrogens is 302 g/mol. The van der Waals surface area contributed by atoms with E-state index in [0.29, 0.717) is 23.1 Å². The summed E-state index contributed by atoms with van der Waals surface area (Å²) in [4.78, 5) is 0. The molecule has 2 aromatic rings. The highest BCUT2D eigenvalue weighted by molar-refractivity contribution is 7.83. The molecule has 0 radical (unpaired) electrons. The Labute approximate surface area is 133 Å². The maximum Gasteiger partial charge on any atom is 0.0503 e. The molecule has 1 unspecified atom stereocenters. The summed E-state index contributed by atoms with van der Waals surface area (Å²) in [6.45, 7) is 4.58. The van der Waals surface area contributed by atoms with Gasteiger partial charge < -0.3 is 5.73 Å². The van der Waals surface area contributed by atoms with E-state index in [4.69, 9.17) is 17.3 Å². The standard InChI is InChI=1S/C17H20ClNOS/c1-12-5-13(2)7-15(6-12)10-21(20)11-16-4-3-14(9-19)8-17(16)18/h3-8H,9-11,19H2,1-2H3. The van der Waals surface area contributed by atoms with Crippen molar-refractivity contribution in [1.82, 2.24) is 0 Å². The molecule has 1 atom stereocenters. The van der Waals surface area contributed by atoms with Gasteiger partial charge in [0.15, 0.2) is 0 Å². The lowest BCUT2D eigenvalue weighted by Crippen LogP contribution is -2.02. The number of rotatable bonds is 5. The summed E-state index contributed by atoms with van der Waals surface area (Å²) in [5.74, 6) is 1.02. The van der Waals surface area contributed by atoms with E-state index < -0.39 is 10.8 Å². The third kappa shape index (κ3) is 4.67. The van der Waals surface area contributed by atoms with Crippen molar-refractivity contribution < 1.29 is 4.21 Å². The van der Waals surface area contributed by atoms with Crippen LogP contribution in [0, 0.1) is 13.8 Å². The van der Waals surface area contributed by atoms with Gasteiger partial charge in [0, 0.05) is 28.1 Å². The van der Waals surface area contributed by atoms with E-state index in [9.17, 15) is 4.21 Å². The summed E-state index contributed by atoms with van der Waals surface area (Å²) in [6.07, 6.45) is 0. The largest absolute Gasteiger partial charge is 0.326 e. The molecule has 0 spiro atoms. The highest BCUT2D eigenvalue weighted by atomic mass is 35.5. The molecule has 2 aromatic carbocycles. The number of hydrogen-bond donors (Lipinski definition) is 1. The van der Waals surface area contributed by atoms with E-state index in [1.165, 1.54) is 11.1 Å². The Morgan fingerprint density at radius 2 is 1.67 bits per heavy atom. The molecule has 112 valence electrons. The van der Waals surface area contributed by atoms with Crippen LogP contribution >= 0.6 is 11.6 Å². The predicted octanol–water partition coefficient (Wildman–Crippen LogP) is 3.86. The third-order valence-electron chi connectivity index (χ3n) is 3.28. The van der Waals surface area contributed by atoms with Crippen molar-refractivity contribution in [2.24, 2.45) is 5.73 Å². The lowest BCUT2D eigenvalue weighted by atomic mass is 10.1. The summed E-state index contributed by atoms with van der Waals surface area (Å²) in [5.41, 5.74) is 11.0. The maximum absolute atomic E-state index is 12.3. The van der Waals surface area contributed by atoms with Gasteiger partial charge in [0.1, 0.15) is 0 Å². The molecule has 0 saturated carbocycles. The second-order valence-corrected chi connectivity index (χ2v) is 7.22. The predicted molar refractivity (Wildman–Crippen MR) is 90.8 cm³/mol. The first-order valence-electron chi connectivity index (χ1n) is 6.87. The molecule has 0 fully saturated rings. The topological polar surface area (TPSA) is 43.1 Å². The molecule has 0 heterocycles. The van der Waals surface area contributed by atoms with Gasteiger partial charge in [0.25, 0.3) is 0 Å². The van der Waals surface area contributed by atoms with Gasteiger partial charge in [-0.1, -0.05) is 53.1 Å². The Bertz CT molecular complexity index is 650. The van der Waals surface area contributed by atoms with Crippen LogP contribution in [0.25, 0.3) is 0 Å². The lowest BCUT2D eigenvalue weighted by molar-refractivity contribution is 0.682. The Kier molecular flexibility index (Phi) is 5.57. The van der Waals surface area contributed by atoms with Crippen LogP contribution in [0.4, 0.5) is 0 Å². The van der Waals surface area contributed by atoms with Gasteiger partial charge in [-0.25, -0.2) is 0 Å². The van der Waals surface area contributed by atoms with Gasteiger partial charge in [-0.2, -0.15) is 0 Å². The third-order valence-corrected chi connectivity index (χ3v) is 4.92. The fourth-order valence-corrected chi connectivity index (χ4v) is 3.99. The van der Waals surface area contributed by atoms with Crippen molar-refractivity contribution in [2.45, 2.75) is 31.9 Å². The van der Waals surface area contributed by atoms with E-state index in [-0.39, 0.29) is 0 Å². The maximum atomic E-state index is 12.3. The second-order valence-electron chi connectivity index (χ2n) is 5.35. The smallest absolute Gasteiger partial charge is 0.0503 e. The molecule has 21 heavy (non-hydrogen) atoms. The highest BCUT2D eigenvalue weighted by Gasteiger charge is 2.08. The lowest BCUT2D eigenvalue weighted by Gasteiger charge is -2.08. The van der Waals surface area contributed by atoms with Crippen molar-refractivity contribution in [3.63, 3.8) is 0 Å². The van der Waals surface area contributed by atoms with Crippen molar-refractivity contribution in [3.05, 3.63) is 69.2 Å². The SMILES string of the molecule is Cc1cc(C)cc(CS(=O)Cc2ccc(CN)cc2Cl)c1. The summed E-state index contributed by atoms with van der Waals surface area (Å²) in [5, 5.41) is 0.645. The minimum absolute atomic E-state index is 0.464. The minimum Gasteiger partial charge on any atom is -0.326 e. The van der Waals surface area contributed by atoms with Gasteiger partial charge in [-0.3, -0.25) is 4.21 Å². The summed E-state index contributed by atoms with van der Waals surface area (Å²) < 4.78 is 12.3. The molecule has 0 aliphatic carbocycles. The molecule has 0 amide bonds. The number of hydrogen-bond acceptors (Lipinski definition) is 2. The van der Waals surface area contributed by atoms with Crippen molar-refractivity contribution in [1.29, 1.82) is 0 Å². The molecule has 0 aliphatic heterocycles. The molecule has 0 saturated heterocycles. The van der Waals surface area contributed by atoms with Gasteiger partial charge in [0.2, 0.25) is 0 Å². The molecule has 0 aromatic heterocycles. The van der Waals surface area contributed by atoms with Gasteiger partial charge in [-0.15, -0.1) is 0 Å². The van der Waals surface area contributed by atoms with E-state index >= 15 is 0 Å². The zero-order valence-electron chi connectivity index (χ0n) is 12.4. The molecule has 0 aliphatic rings. The summed E-state index contributed by atoms with van der Waals surface area (Å²) in [7, 11) is -0.973. The number of benzene rings is 2. The Hall–Kier alpha value is -1.16. The first-order chi connectivity index (χ1) is 9.97. The quantitative estimate of drug-likeness (QED) is 0.908. The number of aryl methyl sites for hydroxylation is 2.